The van der Waals surface area contributed by atoms with Crippen LogP contribution in [-0.4, -0.2) is 40.6 Å². The number of hydrogen-bond donors (Lipinski definition) is 1. The summed E-state index contributed by atoms with van der Waals surface area (Å²) in [6, 6.07) is 24.4. The van der Waals surface area contributed by atoms with E-state index in [4.69, 9.17) is 4.18 Å². The van der Waals surface area contributed by atoms with Crippen molar-refractivity contribution in [2.45, 2.75) is 17.9 Å². The molecule has 1 aromatic heterocycles. The summed E-state index contributed by atoms with van der Waals surface area (Å²) < 4.78 is 62.7. The molecule has 0 aliphatic carbocycles. The first-order valence-corrected chi connectivity index (χ1v) is 16.7. The van der Waals surface area contributed by atoms with Gasteiger partial charge in [0.25, 0.3) is 5.01 Å². The molecule has 4 aromatic carbocycles. The second-order valence-corrected chi connectivity index (χ2v) is 13.6. The number of nitrogens with zero attached hydrogens (tertiary/aromatic N) is 2. The molecule has 5 aromatic rings. The molecule has 8 nitrogen and oxygen atoms in total. The molecule has 0 saturated carbocycles. The second-order valence-electron chi connectivity index (χ2n) is 9.25. The van der Waals surface area contributed by atoms with Gasteiger partial charge in [-0.1, -0.05) is 77.7 Å². The SMILES string of the molecule is O=S(O)OCCN1C(=Cc2sc3ccc4ccccc4c3[n+]2CCCS(=O)(=O)[O-])Sc2ccc3ccccc3c21. The van der Waals surface area contributed by atoms with E-state index in [0.29, 0.717) is 13.1 Å². The van der Waals surface area contributed by atoms with Crippen LogP contribution < -0.4 is 9.47 Å². The molecule has 0 radical (unpaired) electrons. The molecule has 1 aliphatic rings. The highest BCUT2D eigenvalue weighted by Crippen LogP contribution is 2.50. The van der Waals surface area contributed by atoms with Gasteiger partial charge >= 0.3 is 11.4 Å². The zero-order valence-corrected chi connectivity index (χ0v) is 24.3. The zero-order valence-electron chi connectivity index (χ0n) is 21.1. The molecule has 206 valence electrons. The molecule has 6 rings (SSSR count). The maximum absolute atomic E-state index is 11.4. The van der Waals surface area contributed by atoms with E-state index >= 15 is 0 Å². The molecule has 0 saturated heterocycles. The third-order valence-corrected chi connectivity index (χ3v) is 10.1. The predicted molar refractivity (Wildman–Crippen MR) is 161 cm³/mol. The number of thioether (sulfide) groups is 1. The summed E-state index contributed by atoms with van der Waals surface area (Å²) in [6.07, 6.45) is 2.26. The summed E-state index contributed by atoms with van der Waals surface area (Å²) in [5, 5.41) is 6.10. The monoisotopic (exact) mass is 612 g/mol. The van der Waals surface area contributed by atoms with Crippen LogP contribution in [0.2, 0.25) is 0 Å². The van der Waals surface area contributed by atoms with Crippen LogP contribution in [0.4, 0.5) is 5.69 Å². The molecule has 1 unspecified atom stereocenters. The Bertz CT molecular complexity index is 1920. The van der Waals surface area contributed by atoms with Crippen molar-refractivity contribution in [1.29, 1.82) is 0 Å². The summed E-state index contributed by atoms with van der Waals surface area (Å²) >= 11 is 0.831. The Labute approximate surface area is 242 Å². The molecule has 1 aliphatic heterocycles. The lowest BCUT2D eigenvalue weighted by molar-refractivity contribution is -0.667. The van der Waals surface area contributed by atoms with E-state index in [1.54, 1.807) is 23.1 Å². The van der Waals surface area contributed by atoms with Crippen LogP contribution in [-0.2, 0) is 32.2 Å². The van der Waals surface area contributed by atoms with Gasteiger partial charge in [-0.15, -0.1) is 0 Å². The van der Waals surface area contributed by atoms with Crippen molar-refractivity contribution in [2.75, 3.05) is 23.8 Å². The summed E-state index contributed by atoms with van der Waals surface area (Å²) in [7, 11) is -4.34. The van der Waals surface area contributed by atoms with Crippen LogP contribution in [0.5, 0.6) is 0 Å². The van der Waals surface area contributed by atoms with Crippen molar-refractivity contribution < 1.29 is 30.5 Å². The lowest BCUT2D eigenvalue weighted by Gasteiger charge is -2.21. The van der Waals surface area contributed by atoms with E-state index in [-0.39, 0.29) is 13.0 Å². The average molecular weight is 613 g/mol. The van der Waals surface area contributed by atoms with Crippen molar-refractivity contribution in [3.8, 4) is 0 Å². The Morgan fingerprint density at radius 3 is 2.45 bits per heavy atom. The van der Waals surface area contributed by atoms with Crippen LogP contribution in [0.1, 0.15) is 11.4 Å². The highest BCUT2D eigenvalue weighted by molar-refractivity contribution is 8.04. The standard InChI is InChI=1S/C28H24N2O6S4/c31-39(32)36-16-15-30-26(38-24-13-11-20-7-2-4-9-22(20)28(24)30)18-25-29(14-5-17-40(33,34)35)27-21-8-3-1-6-19(21)10-12-23(27)37-25/h1-4,6-13,18H,5,14-17H2,(H-,31,32,33,34,35). The number of thiazole rings is 1. The quantitative estimate of drug-likeness (QED) is 0.132. The summed E-state index contributed by atoms with van der Waals surface area (Å²) in [5.74, 6) is -0.438. The zero-order chi connectivity index (χ0) is 27.9. The Morgan fingerprint density at radius 1 is 1.00 bits per heavy atom. The van der Waals surface area contributed by atoms with Gasteiger partial charge in [0, 0.05) is 29.0 Å². The first-order chi connectivity index (χ1) is 19.3. The molecule has 1 atom stereocenters. The van der Waals surface area contributed by atoms with Crippen LogP contribution in [0, 0.1) is 0 Å². The minimum atomic E-state index is -4.34. The fourth-order valence-electron chi connectivity index (χ4n) is 5.11. The van der Waals surface area contributed by atoms with Gasteiger partial charge in [-0.25, -0.2) is 8.42 Å². The third kappa shape index (κ3) is 5.53. The van der Waals surface area contributed by atoms with Crippen molar-refractivity contribution in [1.82, 2.24) is 0 Å². The van der Waals surface area contributed by atoms with E-state index in [0.717, 1.165) is 52.4 Å². The minimum Gasteiger partial charge on any atom is -0.748 e. The van der Waals surface area contributed by atoms with E-state index < -0.39 is 27.2 Å². The molecule has 0 spiro atoms. The van der Waals surface area contributed by atoms with Crippen molar-refractivity contribution >= 4 is 88.1 Å². The highest BCUT2D eigenvalue weighted by atomic mass is 32.2. The maximum atomic E-state index is 11.4. The van der Waals surface area contributed by atoms with Gasteiger partial charge in [0.1, 0.15) is 4.70 Å². The van der Waals surface area contributed by atoms with E-state index in [1.807, 2.05) is 36.4 Å². The lowest BCUT2D eigenvalue weighted by Crippen LogP contribution is -2.36. The third-order valence-electron chi connectivity index (χ3n) is 6.75. The smallest absolute Gasteiger partial charge is 0.301 e. The van der Waals surface area contributed by atoms with E-state index in [1.165, 1.54) is 0 Å². The first-order valence-electron chi connectivity index (χ1n) is 12.5. The number of aryl methyl sites for hydroxylation is 1. The van der Waals surface area contributed by atoms with E-state index in [2.05, 4.69) is 51.9 Å². The highest BCUT2D eigenvalue weighted by Gasteiger charge is 2.30. The number of fused-ring (bicyclic) bond motifs is 6. The maximum Gasteiger partial charge on any atom is 0.301 e. The number of benzene rings is 4. The van der Waals surface area contributed by atoms with Gasteiger partial charge in [0.15, 0.2) is 6.54 Å². The fraction of sp³-hybridized carbons (Fsp3) is 0.179. The van der Waals surface area contributed by atoms with Crippen molar-refractivity contribution in [2.24, 2.45) is 0 Å². The molecule has 0 fully saturated rings. The van der Waals surface area contributed by atoms with Crippen molar-refractivity contribution in [3.05, 3.63) is 82.8 Å². The van der Waals surface area contributed by atoms with Gasteiger partial charge in [-0.05, 0) is 29.0 Å². The van der Waals surface area contributed by atoms with Gasteiger partial charge < -0.3 is 9.45 Å². The van der Waals surface area contributed by atoms with Gasteiger partial charge in [0.05, 0.1) is 38.9 Å². The number of rotatable bonds is 9. The predicted octanol–water partition coefficient (Wildman–Crippen LogP) is 5.49. The molecule has 12 heteroatoms. The molecular formula is C28H24N2O6S4. The summed E-state index contributed by atoms with van der Waals surface area (Å²) in [6.45, 7) is 0.762. The fourth-order valence-corrected chi connectivity index (χ4v) is 8.17. The van der Waals surface area contributed by atoms with Crippen LogP contribution in [0.15, 0.2) is 82.7 Å². The largest absolute Gasteiger partial charge is 0.748 e. The van der Waals surface area contributed by atoms with Gasteiger partial charge in [-0.3, -0.25) is 8.74 Å². The lowest BCUT2D eigenvalue weighted by atomic mass is 10.1. The Kier molecular flexibility index (Phi) is 7.66. The Hall–Kier alpha value is -2.84. The van der Waals surface area contributed by atoms with Gasteiger partial charge in [-0.2, -0.15) is 8.78 Å². The Morgan fingerprint density at radius 2 is 1.70 bits per heavy atom. The topological polar surface area (TPSA) is 111 Å². The minimum absolute atomic E-state index is 0.0437. The molecule has 1 N–H and O–H groups in total. The van der Waals surface area contributed by atoms with E-state index in [9.17, 15) is 21.7 Å². The number of anilines is 1. The normalized spacial score (nSPS) is 15.4. The summed E-state index contributed by atoms with van der Waals surface area (Å²) in [4.78, 5) is 3.16. The number of hydrogen-bond acceptors (Lipinski definition) is 8. The average Bonchev–Trinajstić information content (AvgIpc) is 3.46. The Balaban J connectivity index is 1.49. The first kappa shape index (κ1) is 27.3. The molecule has 0 amide bonds. The van der Waals surface area contributed by atoms with Gasteiger partial charge in [0.2, 0.25) is 5.52 Å². The van der Waals surface area contributed by atoms with Crippen LogP contribution in [0.3, 0.4) is 0 Å². The number of aromatic nitrogens is 1. The summed E-state index contributed by atoms with van der Waals surface area (Å²) in [5.41, 5.74) is 2.01. The molecular weight excluding hydrogens is 589 g/mol. The van der Waals surface area contributed by atoms with Crippen LogP contribution in [0.25, 0.3) is 37.8 Å². The van der Waals surface area contributed by atoms with Crippen LogP contribution >= 0.6 is 23.1 Å². The molecule has 2 heterocycles. The second kappa shape index (κ2) is 11.2. The molecule has 40 heavy (non-hydrogen) atoms. The molecule has 0 bridgehead atoms. The van der Waals surface area contributed by atoms with Crippen molar-refractivity contribution in [3.63, 3.8) is 0 Å².